The molecule has 13 rings (SSSR count). The van der Waals surface area contributed by atoms with Gasteiger partial charge in [-0.1, -0.05) is 212 Å². The van der Waals surface area contributed by atoms with Crippen molar-refractivity contribution in [2.24, 2.45) is 0 Å². The Kier molecular flexibility index (Phi) is 9.14. The van der Waals surface area contributed by atoms with E-state index in [1.165, 1.54) is 65.5 Å². The van der Waals surface area contributed by atoms with Gasteiger partial charge >= 0.3 is 0 Å². The second-order valence-electron chi connectivity index (χ2n) is 17.2. The van der Waals surface area contributed by atoms with E-state index in [9.17, 15) is 0 Å². The smallest absolute Gasteiger partial charge is 0.164 e. The molecule has 4 nitrogen and oxygen atoms in total. The maximum atomic E-state index is 5.22. The van der Waals surface area contributed by atoms with E-state index in [1.807, 2.05) is 24.3 Å². The lowest BCUT2D eigenvalue weighted by atomic mass is 9.94. The molecule has 0 amide bonds. The van der Waals surface area contributed by atoms with Crippen LogP contribution >= 0.6 is 0 Å². The van der Waals surface area contributed by atoms with Crippen LogP contribution in [-0.2, 0) is 0 Å². The Morgan fingerprint density at radius 3 is 1.13 bits per heavy atom. The van der Waals surface area contributed by atoms with Gasteiger partial charge in [0.05, 0.1) is 11.0 Å². The number of aromatic nitrogens is 4. The second-order valence-corrected chi connectivity index (χ2v) is 17.2. The maximum absolute atomic E-state index is 5.22. The highest BCUT2D eigenvalue weighted by molar-refractivity contribution is 6.25. The molecule has 11 aromatic carbocycles. The minimum Gasteiger partial charge on any atom is -0.309 e. The van der Waals surface area contributed by atoms with Gasteiger partial charge in [-0.05, 0) is 96.0 Å². The first-order chi connectivity index (χ1) is 33.2. The van der Waals surface area contributed by atoms with E-state index in [-0.39, 0.29) is 0 Å². The zero-order valence-corrected chi connectivity index (χ0v) is 36.4. The lowest BCUT2D eigenvalue weighted by molar-refractivity contribution is 1.07. The third-order valence-electron chi connectivity index (χ3n) is 13.3. The molecule has 312 valence electrons. The monoisotopic (exact) mass is 852 g/mol. The van der Waals surface area contributed by atoms with Crippen LogP contribution in [0.2, 0.25) is 0 Å². The quantitative estimate of drug-likeness (QED) is 0.150. The highest BCUT2D eigenvalue weighted by Gasteiger charge is 2.19. The highest BCUT2D eigenvalue weighted by atomic mass is 15.0. The predicted octanol–water partition coefficient (Wildman–Crippen LogP) is 16.4. The SMILES string of the molecule is c1ccc(-c2ccc(-c3ccc4c(c3)c3ccc(-c5nc(-c6ccccc6)nc(-c6ccc(-c7ccccc7)cc6)n5)cc3n4-c3ccc4c5ccccc5c5ccccc5c4c3)cc2)cc1. The van der Waals surface area contributed by atoms with Gasteiger partial charge in [-0.3, -0.25) is 0 Å². The average Bonchev–Trinajstić information content (AvgIpc) is 3.74. The van der Waals surface area contributed by atoms with E-state index in [1.54, 1.807) is 0 Å². The molecule has 4 heteroatoms. The summed E-state index contributed by atoms with van der Waals surface area (Å²) < 4.78 is 2.42. The summed E-state index contributed by atoms with van der Waals surface area (Å²) in [6.07, 6.45) is 0. The summed E-state index contributed by atoms with van der Waals surface area (Å²) in [5.41, 5.74) is 13.1. The van der Waals surface area contributed by atoms with E-state index in [0.717, 1.165) is 44.4 Å². The van der Waals surface area contributed by atoms with Gasteiger partial charge in [0.15, 0.2) is 17.5 Å². The molecule has 0 bridgehead atoms. The summed E-state index contributed by atoms with van der Waals surface area (Å²) in [5, 5.41) is 9.80. The van der Waals surface area contributed by atoms with Crippen LogP contribution < -0.4 is 0 Å². The zero-order chi connectivity index (χ0) is 44.3. The van der Waals surface area contributed by atoms with Crippen LogP contribution in [0.4, 0.5) is 0 Å². The van der Waals surface area contributed by atoms with Crippen LogP contribution in [0, 0.1) is 0 Å². The molecule has 0 atom stereocenters. The topological polar surface area (TPSA) is 43.6 Å². The van der Waals surface area contributed by atoms with Crippen molar-refractivity contribution in [1.29, 1.82) is 0 Å². The minimum absolute atomic E-state index is 0.616. The molecule has 0 saturated carbocycles. The Labute approximate surface area is 387 Å². The number of nitrogens with zero attached hydrogens (tertiary/aromatic N) is 4. The Hall–Kier alpha value is -8.99. The van der Waals surface area contributed by atoms with Gasteiger partial charge in [0.25, 0.3) is 0 Å². The van der Waals surface area contributed by atoms with Crippen molar-refractivity contribution in [1.82, 2.24) is 19.5 Å². The summed E-state index contributed by atoms with van der Waals surface area (Å²) in [6.45, 7) is 0. The van der Waals surface area contributed by atoms with Gasteiger partial charge in [-0.2, -0.15) is 0 Å². The fourth-order valence-electron chi connectivity index (χ4n) is 9.93. The van der Waals surface area contributed by atoms with Crippen LogP contribution in [0.1, 0.15) is 0 Å². The van der Waals surface area contributed by atoms with Gasteiger partial charge in [0.1, 0.15) is 0 Å². The fourth-order valence-corrected chi connectivity index (χ4v) is 9.93. The molecule has 0 saturated heterocycles. The van der Waals surface area contributed by atoms with E-state index in [2.05, 4.69) is 223 Å². The van der Waals surface area contributed by atoms with Crippen molar-refractivity contribution in [3.05, 3.63) is 243 Å². The highest BCUT2D eigenvalue weighted by Crippen LogP contribution is 2.41. The van der Waals surface area contributed by atoms with E-state index in [4.69, 9.17) is 15.0 Å². The largest absolute Gasteiger partial charge is 0.309 e. The Morgan fingerprint density at radius 2 is 0.582 bits per heavy atom. The van der Waals surface area contributed by atoms with E-state index in [0.29, 0.717) is 17.5 Å². The Balaban J connectivity index is 1.01. The lowest BCUT2D eigenvalue weighted by Crippen LogP contribution is -2.00. The van der Waals surface area contributed by atoms with Crippen LogP contribution in [0.15, 0.2) is 243 Å². The van der Waals surface area contributed by atoms with Crippen LogP contribution in [0.3, 0.4) is 0 Å². The van der Waals surface area contributed by atoms with Crippen molar-refractivity contribution in [3.63, 3.8) is 0 Å². The molecule has 0 fully saturated rings. The molecular weight excluding hydrogens is 813 g/mol. The molecule has 0 aliphatic rings. The van der Waals surface area contributed by atoms with Crippen molar-refractivity contribution >= 4 is 54.1 Å². The fraction of sp³-hybridized carbons (Fsp3) is 0. The Morgan fingerprint density at radius 1 is 0.209 bits per heavy atom. The molecule has 13 aromatic rings. The minimum atomic E-state index is 0.616. The van der Waals surface area contributed by atoms with Crippen LogP contribution in [0.5, 0.6) is 0 Å². The van der Waals surface area contributed by atoms with E-state index >= 15 is 0 Å². The van der Waals surface area contributed by atoms with Crippen molar-refractivity contribution < 1.29 is 0 Å². The molecule has 0 aliphatic heterocycles. The molecule has 0 aliphatic carbocycles. The van der Waals surface area contributed by atoms with Gasteiger partial charge in [0.2, 0.25) is 0 Å². The molecule has 0 N–H and O–H groups in total. The first-order valence-corrected chi connectivity index (χ1v) is 22.8. The molecule has 2 aromatic heterocycles. The summed E-state index contributed by atoms with van der Waals surface area (Å²) in [6, 6.07) is 86.6. The Bertz CT molecular complexity index is 3960. The number of benzene rings is 11. The van der Waals surface area contributed by atoms with E-state index < -0.39 is 0 Å². The van der Waals surface area contributed by atoms with Crippen molar-refractivity contribution in [3.8, 4) is 73.2 Å². The lowest BCUT2D eigenvalue weighted by Gasteiger charge is -2.14. The molecule has 67 heavy (non-hydrogen) atoms. The standard InChI is InChI=1S/C63H40N4/c1-4-14-41(15-5-1)43-24-26-45(27-25-43)48-33-37-59-58(38-48)56-35-32-49(39-60(56)67(59)50-34-36-55-53-22-11-10-20-51(53)52-21-12-13-23-54(52)57(55)40-50)63-65-61(46-18-8-3-9-19-46)64-62(66-63)47-30-28-44(29-31-47)42-16-6-2-7-17-42/h1-40H. The first kappa shape index (κ1) is 38.5. The summed E-state index contributed by atoms with van der Waals surface area (Å²) in [5.74, 6) is 1.87. The molecular formula is C63H40N4. The number of hydrogen-bond acceptors (Lipinski definition) is 3. The van der Waals surface area contributed by atoms with Crippen LogP contribution in [0.25, 0.3) is 127 Å². The summed E-state index contributed by atoms with van der Waals surface area (Å²) in [4.78, 5) is 15.5. The molecule has 0 radical (unpaired) electrons. The molecule has 0 spiro atoms. The average molecular weight is 853 g/mol. The third-order valence-corrected chi connectivity index (χ3v) is 13.3. The predicted molar refractivity (Wildman–Crippen MR) is 279 cm³/mol. The third kappa shape index (κ3) is 6.74. The zero-order valence-electron chi connectivity index (χ0n) is 36.4. The number of hydrogen-bond donors (Lipinski definition) is 0. The second kappa shape index (κ2) is 15.9. The number of fused-ring (bicyclic) bond motifs is 9. The summed E-state index contributed by atoms with van der Waals surface area (Å²) in [7, 11) is 0. The molecule has 0 unspecified atom stereocenters. The van der Waals surface area contributed by atoms with Crippen molar-refractivity contribution in [2.45, 2.75) is 0 Å². The van der Waals surface area contributed by atoms with Gasteiger partial charge < -0.3 is 4.57 Å². The van der Waals surface area contributed by atoms with Gasteiger partial charge in [0, 0.05) is 33.2 Å². The number of rotatable bonds is 7. The first-order valence-electron chi connectivity index (χ1n) is 22.8. The van der Waals surface area contributed by atoms with Crippen molar-refractivity contribution in [2.75, 3.05) is 0 Å². The van der Waals surface area contributed by atoms with Gasteiger partial charge in [-0.15, -0.1) is 0 Å². The van der Waals surface area contributed by atoms with Crippen LogP contribution in [-0.4, -0.2) is 19.5 Å². The molecule has 2 heterocycles. The van der Waals surface area contributed by atoms with Gasteiger partial charge in [-0.25, -0.2) is 15.0 Å². The normalized spacial score (nSPS) is 11.6. The maximum Gasteiger partial charge on any atom is 0.164 e. The summed E-state index contributed by atoms with van der Waals surface area (Å²) >= 11 is 0.